The van der Waals surface area contributed by atoms with E-state index < -0.39 is 11.7 Å². The van der Waals surface area contributed by atoms with Gasteiger partial charge in [-0.25, -0.2) is 9.48 Å². The molecule has 0 saturated heterocycles. The molecule has 0 unspecified atom stereocenters. The second-order valence-corrected chi connectivity index (χ2v) is 6.81. The van der Waals surface area contributed by atoms with Gasteiger partial charge in [0, 0.05) is 13.1 Å². The van der Waals surface area contributed by atoms with Crippen molar-refractivity contribution in [2.75, 3.05) is 31.9 Å². The van der Waals surface area contributed by atoms with Crippen molar-refractivity contribution >= 4 is 17.7 Å². The molecule has 2 N–H and O–H groups in total. The Kier molecular flexibility index (Phi) is 5.64. The fraction of sp³-hybridized carbons (Fsp3) is 0.444. The molecule has 8 nitrogen and oxygen atoms in total. The molecule has 0 spiro atoms. The van der Waals surface area contributed by atoms with Crippen molar-refractivity contribution in [3.63, 3.8) is 0 Å². The topological polar surface area (TPSA) is 91.8 Å². The summed E-state index contributed by atoms with van der Waals surface area (Å²) < 4.78 is 17.5. The molecule has 1 aromatic heterocycles. The molecule has 26 heavy (non-hydrogen) atoms. The highest BCUT2D eigenvalue weighted by atomic mass is 16.6. The van der Waals surface area contributed by atoms with Crippen LogP contribution in [0.3, 0.4) is 0 Å². The predicted molar refractivity (Wildman–Crippen MR) is 99.9 cm³/mol. The van der Waals surface area contributed by atoms with Crippen molar-refractivity contribution in [2.45, 2.75) is 32.9 Å². The van der Waals surface area contributed by atoms with Gasteiger partial charge in [0.05, 0.1) is 20.8 Å². The summed E-state index contributed by atoms with van der Waals surface area (Å²) in [5, 5.41) is 4.40. The third-order valence-electron chi connectivity index (χ3n) is 3.59. The number of hydrogen-bond acceptors (Lipinski definition) is 6. The number of methoxy groups -OCH3 is 2. The van der Waals surface area contributed by atoms with E-state index in [1.54, 1.807) is 32.0 Å². The minimum Gasteiger partial charge on any atom is -0.493 e. The van der Waals surface area contributed by atoms with Gasteiger partial charge in [-0.1, -0.05) is 6.07 Å². The van der Waals surface area contributed by atoms with Crippen LogP contribution in [-0.2, 0) is 11.3 Å². The molecule has 0 aliphatic rings. The van der Waals surface area contributed by atoms with E-state index in [1.165, 1.54) is 4.90 Å². The predicted octanol–water partition coefficient (Wildman–Crippen LogP) is 2.90. The van der Waals surface area contributed by atoms with Crippen molar-refractivity contribution in [3.05, 3.63) is 29.8 Å². The summed E-state index contributed by atoms with van der Waals surface area (Å²) in [6.45, 7) is 5.85. The van der Waals surface area contributed by atoms with E-state index in [-0.39, 0.29) is 0 Å². The second-order valence-electron chi connectivity index (χ2n) is 6.81. The first-order valence-electron chi connectivity index (χ1n) is 8.15. The number of hydrogen-bond donors (Lipinski definition) is 1. The molecule has 1 aromatic carbocycles. The van der Waals surface area contributed by atoms with E-state index in [0.717, 1.165) is 5.56 Å². The zero-order valence-electron chi connectivity index (χ0n) is 16.1. The average molecular weight is 362 g/mol. The quantitative estimate of drug-likeness (QED) is 0.879. The van der Waals surface area contributed by atoms with Gasteiger partial charge in [0.25, 0.3) is 0 Å². The molecular formula is C18H26N4O4. The van der Waals surface area contributed by atoms with Crippen molar-refractivity contribution < 1.29 is 19.0 Å². The van der Waals surface area contributed by atoms with Gasteiger partial charge in [-0.3, -0.25) is 4.90 Å². The number of carbonyl (C=O) groups excluding carboxylic acids is 1. The summed E-state index contributed by atoms with van der Waals surface area (Å²) in [5.74, 6) is 2.12. The van der Waals surface area contributed by atoms with Crippen LogP contribution in [0.25, 0.3) is 0 Å². The molecule has 0 atom stereocenters. The first-order valence-corrected chi connectivity index (χ1v) is 8.15. The number of carbonyl (C=O) groups is 1. The maximum absolute atomic E-state index is 12.2. The fourth-order valence-corrected chi connectivity index (χ4v) is 2.28. The molecule has 0 saturated carbocycles. The molecule has 142 valence electrons. The van der Waals surface area contributed by atoms with E-state index in [1.807, 2.05) is 39.0 Å². The molecule has 8 heteroatoms. The normalized spacial score (nSPS) is 11.2. The molecule has 0 aliphatic heterocycles. The van der Waals surface area contributed by atoms with Gasteiger partial charge in [0.15, 0.2) is 17.3 Å². The lowest BCUT2D eigenvalue weighted by Gasteiger charge is -2.23. The first-order chi connectivity index (χ1) is 12.1. The number of nitrogens with two attached hydrogens (primary N) is 1. The average Bonchev–Trinajstić information content (AvgIpc) is 2.93. The van der Waals surface area contributed by atoms with Gasteiger partial charge in [-0.05, 0) is 38.5 Å². The van der Waals surface area contributed by atoms with E-state index in [9.17, 15) is 4.79 Å². The molecule has 0 radical (unpaired) electrons. The van der Waals surface area contributed by atoms with Gasteiger partial charge in [0.1, 0.15) is 11.4 Å². The van der Waals surface area contributed by atoms with E-state index in [2.05, 4.69) is 5.10 Å². The van der Waals surface area contributed by atoms with Crippen molar-refractivity contribution in [1.29, 1.82) is 0 Å². The Labute approximate surface area is 153 Å². The Morgan fingerprint density at radius 1 is 1.19 bits per heavy atom. The lowest BCUT2D eigenvalue weighted by molar-refractivity contribution is 0.0588. The van der Waals surface area contributed by atoms with Crippen LogP contribution in [0.15, 0.2) is 24.3 Å². The SMILES string of the molecule is COc1ccc(Cn2nc(N(C)C(=O)OC(C)(C)C)cc2N)cc1OC. The van der Waals surface area contributed by atoms with Gasteiger partial charge >= 0.3 is 6.09 Å². The highest BCUT2D eigenvalue weighted by molar-refractivity contribution is 5.86. The third-order valence-corrected chi connectivity index (χ3v) is 3.59. The summed E-state index contributed by atoms with van der Waals surface area (Å²) in [4.78, 5) is 13.5. The van der Waals surface area contributed by atoms with Gasteiger partial charge < -0.3 is 19.9 Å². The number of aromatic nitrogens is 2. The number of nitrogens with zero attached hydrogens (tertiary/aromatic N) is 3. The van der Waals surface area contributed by atoms with E-state index in [0.29, 0.717) is 29.7 Å². The highest BCUT2D eigenvalue weighted by Gasteiger charge is 2.22. The molecule has 2 rings (SSSR count). The van der Waals surface area contributed by atoms with Crippen LogP contribution in [0.4, 0.5) is 16.4 Å². The van der Waals surface area contributed by atoms with Crippen molar-refractivity contribution in [3.8, 4) is 11.5 Å². The molecule has 0 bridgehead atoms. The van der Waals surface area contributed by atoms with Gasteiger partial charge in [-0.2, -0.15) is 5.10 Å². The zero-order valence-corrected chi connectivity index (χ0v) is 16.1. The van der Waals surface area contributed by atoms with Crippen LogP contribution in [-0.4, -0.2) is 42.7 Å². The van der Waals surface area contributed by atoms with Crippen LogP contribution in [0.5, 0.6) is 11.5 Å². The molecule has 1 amide bonds. The standard InChI is InChI=1S/C18H26N4O4/c1-18(2,3)26-17(23)21(4)16-10-15(19)22(20-16)11-12-7-8-13(24-5)14(9-12)25-6/h7-10H,11,19H2,1-6H3. The maximum atomic E-state index is 12.2. The fourth-order valence-electron chi connectivity index (χ4n) is 2.28. The minimum atomic E-state index is -0.584. The van der Waals surface area contributed by atoms with Crippen LogP contribution in [0.2, 0.25) is 0 Å². The number of nitrogen functional groups attached to an aromatic ring is 1. The van der Waals surface area contributed by atoms with E-state index in [4.69, 9.17) is 19.9 Å². The number of amides is 1. The maximum Gasteiger partial charge on any atom is 0.415 e. The Bertz CT molecular complexity index is 780. The first kappa shape index (κ1) is 19.4. The Morgan fingerprint density at radius 3 is 2.42 bits per heavy atom. The number of anilines is 2. The molecule has 0 fully saturated rings. The number of benzene rings is 1. The summed E-state index contributed by atoms with van der Waals surface area (Å²) >= 11 is 0. The summed E-state index contributed by atoms with van der Waals surface area (Å²) in [5.41, 5.74) is 6.40. The lowest BCUT2D eigenvalue weighted by Crippen LogP contribution is -2.34. The minimum absolute atomic E-state index is 0.414. The monoisotopic (exact) mass is 362 g/mol. The summed E-state index contributed by atoms with van der Waals surface area (Å²) in [7, 11) is 4.76. The zero-order chi connectivity index (χ0) is 19.5. The number of rotatable bonds is 5. The second kappa shape index (κ2) is 7.55. The molecular weight excluding hydrogens is 336 g/mol. The Balaban J connectivity index is 2.19. The molecule has 0 aliphatic carbocycles. The molecule has 2 aromatic rings. The Hall–Kier alpha value is -2.90. The smallest absolute Gasteiger partial charge is 0.415 e. The van der Waals surface area contributed by atoms with E-state index >= 15 is 0 Å². The summed E-state index contributed by atoms with van der Waals surface area (Å²) in [6.07, 6.45) is -0.492. The number of ether oxygens (including phenoxy) is 3. The van der Waals surface area contributed by atoms with Crippen LogP contribution < -0.4 is 20.1 Å². The van der Waals surface area contributed by atoms with Crippen molar-refractivity contribution in [1.82, 2.24) is 9.78 Å². The van der Waals surface area contributed by atoms with Crippen molar-refractivity contribution in [2.24, 2.45) is 0 Å². The lowest BCUT2D eigenvalue weighted by atomic mass is 10.2. The van der Waals surface area contributed by atoms with Crippen LogP contribution in [0.1, 0.15) is 26.3 Å². The third kappa shape index (κ3) is 4.59. The highest BCUT2D eigenvalue weighted by Crippen LogP contribution is 2.28. The molecule has 1 heterocycles. The largest absolute Gasteiger partial charge is 0.493 e. The van der Waals surface area contributed by atoms with Crippen LogP contribution in [0, 0.1) is 0 Å². The van der Waals surface area contributed by atoms with Gasteiger partial charge in [-0.15, -0.1) is 0 Å². The van der Waals surface area contributed by atoms with Crippen LogP contribution >= 0.6 is 0 Å². The summed E-state index contributed by atoms with van der Waals surface area (Å²) in [6, 6.07) is 7.21. The Morgan fingerprint density at radius 2 is 1.85 bits per heavy atom. The van der Waals surface area contributed by atoms with Gasteiger partial charge in [0.2, 0.25) is 0 Å².